The topological polar surface area (TPSA) is 277 Å². The average Bonchev–Trinajstić information content (AvgIpc) is 1.35. The summed E-state index contributed by atoms with van der Waals surface area (Å²) in [7, 11) is 2.83. The van der Waals surface area contributed by atoms with Crippen molar-refractivity contribution < 1.29 is 53.8 Å². The summed E-state index contributed by atoms with van der Waals surface area (Å²) < 4.78 is 14.9. The van der Waals surface area contributed by atoms with E-state index in [0.717, 1.165) is 52.6 Å². The van der Waals surface area contributed by atoms with Gasteiger partial charge in [0.1, 0.15) is 6.10 Å². The van der Waals surface area contributed by atoms with Crippen molar-refractivity contribution in [1.82, 2.24) is 21.3 Å². The number of hydrogen-bond donors (Lipinski definition) is 10. The molecular weight excluding hydrogens is 1680 g/mol. The van der Waals surface area contributed by atoms with Gasteiger partial charge in [-0.1, -0.05) is 341 Å². The van der Waals surface area contributed by atoms with Gasteiger partial charge >= 0.3 is 17.9 Å². The average molecular weight is 1780 g/mol. The van der Waals surface area contributed by atoms with Gasteiger partial charge in [0.25, 0.3) is 0 Å². The number of benzene rings is 9. The summed E-state index contributed by atoms with van der Waals surface area (Å²) in [5.41, 5.74) is 19.8. The highest BCUT2D eigenvalue weighted by Crippen LogP contribution is 2.47. The van der Waals surface area contributed by atoms with Crippen molar-refractivity contribution in [3.63, 3.8) is 0 Å². The molecule has 116 heavy (non-hydrogen) atoms. The molecular formula is C95H106Br3ClN6O11. The highest BCUT2D eigenvalue weighted by molar-refractivity contribution is 9.09. The standard InChI is InChI=1S/C26H25NO2.C25H22BrNO2.C25H26BrNO2.C7H11NO2.C6H13NO2.C6H7NO.BrH.ClH/c1-29-25(28)20-17-18-24(19-20)27-26(21-11-5-2-6-12-21,22-13-7-3-8-14-22)23-15-9-4-10-16-23;26-22-21(16-20-23(22)29-24(20)28)27-25(17-10-4-1-5-11-17,18-12-6-2-7-13-18)19-14-8-3-9-15-19;26-23-22(16-18(17-28)24(23)29)27-25(19-10-4-1-5-11-19,20-12-6-2-7-13-20)21-14-8-3-9-15-21;1-10-7(9)5-2-3-6(8)4-5;7-5-1-4(3-8)6(9)2-5;8-6-4-1-2-5(3-4)7-6;;/h2-18,20,24,27H,19H2,1H3;1-15,20-23,27H,16H2;1-15,18,22-24,27-29H,16-17H2;2-3,5-6H,4,8H2,1H3;4-6,8-9H,1-3,7H2;1-2,4-5H,3H2,(H,7,8);2*1H/t20-,24+;20-,21-,22-,23-;18-,22+,23+,24+;5-,6+;4-,5+,6-;;;/m11010.../s1. The van der Waals surface area contributed by atoms with E-state index < -0.39 is 22.7 Å². The highest BCUT2D eigenvalue weighted by Gasteiger charge is 2.57. The van der Waals surface area contributed by atoms with Gasteiger partial charge in [-0.05, 0) is 95.0 Å². The Kier molecular flexibility index (Phi) is 33.1. The van der Waals surface area contributed by atoms with Crippen molar-refractivity contribution in [3.05, 3.63) is 360 Å². The number of hydrogen-bond acceptors (Lipinski definition) is 16. The van der Waals surface area contributed by atoms with Gasteiger partial charge in [-0.15, -0.1) is 29.4 Å². The predicted octanol–water partition coefficient (Wildman–Crippen LogP) is 13.6. The molecule has 2 saturated heterocycles. The number of alkyl halides is 2. The molecule has 2 bridgehead atoms. The first kappa shape index (κ1) is 89.8. The summed E-state index contributed by atoms with van der Waals surface area (Å²) in [5, 5.41) is 52.7. The lowest BCUT2D eigenvalue weighted by Gasteiger charge is -2.40. The molecule has 0 radical (unpaired) electrons. The zero-order chi connectivity index (χ0) is 80.2. The van der Waals surface area contributed by atoms with E-state index in [1.807, 2.05) is 72.8 Å². The van der Waals surface area contributed by atoms with E-state index in [1.54, 1.807) is 6.08 Å². The van der Waals surface area contributed by atoms with Crippen molar-refractivity contribution in [2.24, 2.45) is 47.0 Å². The van der Waals surface area contributed by atoms with Gasteiger partial charge in [0.2, 0.25) is 5.91 Å². The summed E-state index contributed by atoms with van der Waals surface area (Å²) >= 11 is 7.52. The number of fused-ring (bicyclic) bond motifs is 3. The molecule has 5 fully saturated rings. The van der Waals surface area contributed by atoms with Gasteiger partial charge in [0.05, 0.1) is 76.4 Å². The molecule has 2 unspecified atom stereocenters. The van der Waals surface area contributed by atoms with E-state index in [4.69, 9.17) is 31.2 Å². The Morgan fingerprint density at radius 3 is 1.06 bits per heavy atom. The van der Waals surface area contributed by atoms with E-state index in [0.29, 0.717) is 31.7 Å². The van der Waals surface area contributed by atoms with Gasteiger partial charge in [-0.25, -0.2) is 0 Å². The number of carbonyl (C=O) groups is 4. The molecule has 9 aromatic carbocycles. The van der Waals surface area contributed by atoms with Gasteiger partial charge in [-0.3, -0.25) is 35.1 Å². The third kappa shape index (κ3) is 20.8. The maximum Gasteiger partial charge on any atom is 0.313 e. The number of esters is 3. The normalized spacial score (nSPS) is 26.0. The van der Waals surface area contributed by atoms with Crippen molar-refractivity contribution in [2.75, 3.05) is 27.4 Å². The Hall–Kier alpha value is -8.55. The molecule has 9 aromatic rings. The van der Waals surface area contributed by atoms with Crippen LogP contribution >= 0.6 is 61.2 Å². The smallest absolute Gasteiger partial charge is 0.313 e. The van der Waals surface area contributed by atoms with E-state index in [-0.39, 0.29) is 154 Å². The molecule has 8 aliphatic rings. The molecule has 12 N–H and O–H groups in total. The molecule has 17 nitrogen and oxygen atoms in total. The lowest BCUT2D eigenvalue weighted by molar-refractivity contribution is -0.179. The van der Waals surface area contributed by atoms with Gasteiger partial charge < -0.3 is 51.4 Å². The lowest BCUT2D eigenvalue weighted by atomic mass is 9.76. The van der Waals surface area contributed by atoms with Crippen LogP contribution in [0.15, 0.2) is 309 Å². The van der Waals surface area contributed by atoms with Crippen LogP contribution in [0.2, 0.25) is 0 Å². The minimum Gasteiger partial charge on any atom is -0.469 e. The second-order valence-corrected chi connectivity index (χ2v) is 32.5. The maximum absolute atomic E-state index is 12.0. The van der Waals surface area contributed by atoms with Crippen molar-refractivity contribution in [2.45, 2.75) is 126 Å². The number of aliphatic hydroxyl groups is 4. The fourth-order valence-corrected chi connectivity index (χ4v) is 18.8. The van der Waals surface area contributed by atoms with Gasteiger partial charge in [0, 0.05) is 61.3 Å². The second kappa shape index (κ2) is 42.7. The summed E-state index contributed by atoms with van der Waals surface area (Å²) in [4.78, 5) is 45.4. The fourth-order valence-electron chi connectivity index (χ4n) is 17.2. The summed E-state index contributed by atoms with van der Waals surface area (Å²) in [6.45, 7) is 0.0469. The molecule has 610 valence electrons. The van der Waals surface area contributed by atoms with Crippen LogP contribution in [0, 0.1) is 35.5 Å². The molecule has 1 amide bonds. The molecule has 6 aliphatic carbocycles. The van der Waals surface area contributed by atoms with E-state index in [2.05, 4.69) is 288 Å². The zero-order valence-corrected chi connectivity index (χ0v) is 70.7. The number of amides is 1. The van der Waals surface area contributed by atoms with E-state index >= 15 is 0 Å². The Bertz CT molecular complexity index is 4330. The van der Waals surface area contributed by atoms with Crippen LogP contribution in [-0.4, -0.2) is 136 Å². The minimum absolute atomic E-state index is 0. The van der Waals surface area contributed by atoms with E-state index in [9.17, 15) is 29.4 Å². The summed E-state index contributed by atoms with van der Waals surface area (Å²) in [5.74, 6) is -0.489. The van der Waals surface area contributed by atoms with E-state index in [1.165, 1.54) is 30.9 Å². The molecule has 0 aromatic heterocycles. The van der Waals surface area contributed by atoms with Crippen LogP contribution in [0.3, 0.4) is 0 Å². The quantitative estimate of drug-likeness (QED) is 0.0118. The Balaban J connectivity index is 0.000000156. The highest BCUT2D eigenvalue weighted by atomic mass is 79.9. The molecule has 17 rings (SSSR count). The number of methoxy groups -OCH3 is 2. The van der Waals surface area contributed by atoms with Gasteiger partial charge in [0.15, 0.2) is 0 Å². The van der Waals surface area contributed by atoms with Crippen LogP contribution in [0.1, 0.15) is 95.0 Å². The second-order valence-electron chi connectivity index (χ2n) is 30.3. The predicted molar refractivity (Wildman–Crippen MR) is 470 cm³/mol. The molecule has 17 atom stereocenters. The Morgan fingerprint density at radius 1 is 0.448 bits per heavy atom. The number of aliphatic hydroxyl groups excluding tert-OH is 4. The first-order chi connectivity index (χ1) is 55.4. The van der Waals surface area contributed by atoms with Gasteiger partial charge in [-0.2, -0.15) is 0 Å². The molecule has 3 saturated carbocycles. The number of carbonyl (C=O) groups excluding carboxylic acids is 4. The van der Waals surface area contributed by atoms with Crippen molar-refractivity contribution >= 4 is 85.1 Å². The van der Waals surface area contributed by atoms with Crippen LogP contribution in [0.5, 0.6) is 0 Å². The van der Waals surface area contributed by atoms with Crippen molar-refractivity contribution in [3.8, 4) is 0 Å². The monoisotopic (exact) mass is 1780 g/mol. The summed E-state index contributed by atoms with van der Waals surface area (Å²) in [6.07, 6.45) is 16.0. The van der Waals surface area contributed by atoms with Crippen LogP contribution in [0.4, 0.5) is 0 Å². The number of halogens is 4. The number of nitrogens with one attached hydrogen (secondary N) is 4. The number of ether oxygens (including phenoxy) is 3. The number of nitrogens with two attached hydrogens (primary N) is 2. The van der Waals surface area contributed by atoms with Crippen LogP contribution in [0.25, 0.3) is 0 Å². The molecule has 0 spiro atoms. The van der Waals surface area contributed by atoms with Crippen LogP contribution in [-0.2, 0) is 50.0 Å². The maximum atomic E-state index is 12.0. The third-order valence-electron chi connectivity index (χ3n) is 23.1. The minimum atomic E-state index is -0.586. The third-order valence-corrected chi connectivity index (χ3v) is 25.4. The van der Waals surface area contributed by atoms with Crippen LogP contribution < -0.4 is 32.7 Å². The Morgan fingerprint density at radius 2 is 0.802 bits per heavy atom. The SMILES string of the molecule is Br.COC(=O)[C@@H]1C=C[C@H](N)C1.COC(=O)[C@@H]1C=C[C@H](NC(c2ccccc2)(c2ccccc2)c2ccccc2)C1.Cl.N[C@@H]1C[C@@H](CO)[C@@H](O)C1.O=C1NC2C=CC1C2.O=C1O[C@H]2[C@H](Br)[C@H](NC(c3ccccc3)(c3ccccc3)c3ccccc3)C[C@@H]12.OC[C@@H]1C[C@@H](NC(c2ccccc2)(c2ccccc2)c2ccccc2)[C@@H](Br)[C@@H]1O. The zero-order valence-electron chi connectivity index (χ0n) is 65.0. The molecule has 21 heteroatoms. The lowest BCUT2D eigenvalue weighted by Crippen LogP contribution is -2.52. The molecule has 2 aliphatic heterocycles. The largest absolute Gasteiger partial charge is 0.469 e. The molecule has 2 heterocycles. The first-order valence-corrected chi connectivity index (χ1v) is 41.2. The van der Waals surface area contributed by atoms with Crippen molar-refractivity contribution in [1.29, 1.82) is 0 Å². The number of rotatable bonds is 19. The Labute approximate surface area is 714 Å². The first-order valence-electron chi connectivity index (χ1n) is 39.4. The fraction of sp³-hybridized carbons (Fsp3) is 0.326. The summed E-state index contributed by atoms with van der Waals surface area (Å²) in [6, 6.07) is 95.0.